The lowest BCUT2D eigenvalue weighted by Gasteiger charge is -2.17. The summed E-state index contributed by atoms with van der Waals surface area (Å²) in [5, 5.41) is 25.8. The number of methoxy groups -OCH3 is 3. The molecule has 10 nitrogen and oxygen atoms in total. The summed E-state index contributed by atoms with van der Waals surface area (Å²) < 4.78 is 15.8. The Labute approximate surface area is 167 Å². The van der Waals surface area contributed by atoms with Crippen molar-refractivity contribution in [3.63, 3.8) is 0 Å². The third-order valence-electron chi connectivity index (χ3n) is 3.99. The number of nitro groups is 1. The molecule has 0 radical (unpaired) electrons. The summed E-state index contributed by atoms with van der Waals surface area (Å²) >= 11 is 0. The van der Waals surface area contributed by atoms with Crippen LogP contribution in [0.1, 0.15) is 11.6 Å². The number of carbonyl (C=O) groups excluding carboxylic acids is 1. The first-order chi connectivity index (χ1) is 13.9. The van der Waals surface area contributed by atoms with E-state index < -0.39 is 16.9 Å². The van der Waals surface area contributed by atoms with Gasteiger partial charge in [-0.15, -0.1) is 0 Å². The molecule has 0 aliphatic heterocycles. The van der Waals surface area contributed by atoms with E-state index in [1.54, 1.807) is 18.2 Å². The second-order valence-corrected chi connectivity index (χ2v) is 5.72. The second kappa shape index (κ2) is 9.80. The van der Waals surface area contributed by atoms with E-state index in [9.17, 15) is 20.2 Å². The van der Waals surface area contributed by atoms with E-state index in [2.05, 4.69) is 10.6 Å². The highest BCUT2D eigenvalue weighted by Gasteiger charge is 2.21. The van der Waals surface area contributed by atoms with Gasteiger partial charge in [-0.3, -0.25) is 14.9 Å². The van der Waals surface area contributed by atoms with Gasteiger partial charge in [0, 0.05) is 6.07 Å². The topological polar surface area (TPSA) is 136 Å². The molecule has 0 fully saturated rings. The number of nitrogens with zero attached hydrogens (tertiary/aromatic N) is 2. The normalized spacial score (nSPS) is 11.0. The van der Waals surface area contributed by atoms with Crippen molar-refractivity contribution in [2.75, 3.05) is 33.2 Å². The van der Waals surface area contributed by atoms with Gasteiger partial charge in [-0.25, -0.2) is 0 Å². The van der Waals surface area contributed by atoms with Gasteiger partial charge in [-0.1, -0.05) is 12.1 Å². The van der Waals surface area contributed by atoms with Crippen LogP contribution >= 0.6 is 0 Å². The van der Waals surface area contributed by atoms with Gasteiger partial charge < -0.3 is 24.8 Å². The Balaban J connectivity index is 2.15. The van der Waals surface area contributed by atoms with Crippen molar-refractivity contribution >= 4 is 17.3 Å². The van der Waals surface area contributed by atoms with Crippen LogP contribution in [0.25, 0.3) is 0 Å². The van der Waals surface area contributed by atoms with Crippen molar-refractivity contribution < 1.29 is 23.9 Å². The Kier molecular flexibility index (Phi) is 7.20. The first-order valence-corrected chi connectivity index (χ1v) is 8.41. The van der Waals surface area contributed by atoms with Gasteiger partial charge in [-0.05, 0) is 23.8 Å². The third kappa shape index (κ3) is 5.04. The standard InChI is InChI=1S/C19H20N4O6/c1-27-16-8-12(9-17(28-2)19(16)29-3)14(10-20)22-18(24)11-21-13-6-4-5-7-15(13)23(25)26/h4-9,14,21H,11H2,1-3H3,(H,22,24). The fraction of sp³-hybridized carbons (Fsp3) is 0.263. The van der Waals surface area contributed by atoms with Crippen LogP contribution < -0.4 is 24.8 Å². The maximum atomic E-state index is 12.3. The van der Waals surface area contributed by atoms with Gasteiger partial charge in [-0.2, -0.15) is 5.26 Å². The molecule has 0 saturated carbocycles. The summed E-state index contributed by atoms with van der Waals surface area (Å²) in [6.45, 7) is -0.256. The maximum absolute atomic E-state index is 12.3. The van der Waals surface area contributed by atoms with Crippen molar-refractivity contribution in [2.45, 2.75) is 6.04 Å². The molecule has 152 valence electrons. The molecule has 10 heteroatoms. The number of para-hydroxylation sites is 2. The SMILES string of the molecule is COc1cc(C(C#N)NC(=O)CNc2ccccc2[N+](=O)[O-])cc(OC)c1OC. The van der Waals surface area contributed by atoms with Gasteiger partial charge in [0.15, 0.2) is 11.5 Å². The van der Waals surface area contributed by atoms with Crippen LogP contribution in [-0.2, 0) is 4.79 Å². The van der Waals surface area contributed by atoms with Gasteiger partial charge >= 0.3 is 0 Å². The molecule has 2 rings (SSSR count). The van der Waals surface area contributed by atoms with Gasteiger partial charge in [0.2, 0.25) is 11.7 Å². The minimum absolute atomic E-state index is 0.151. The van der Waals surface area contributed by atoms with Gasteiger partial charge in [0.05, 0.1) is 38.9 Å². The molecule has 2 aromatic carbocycles. The lowest BCUT2D eigenvalue weighted by atomic mass is 10.1. The van der Waals surface area contributed by atoms with Crippen molar-refractivity contribution in [3.8, 4) is 23.3 Å². The molecule has 2 N–H and O–H groups in total. The first kappa shape index (κ1) is 21.3. The number of rotatable bonds is 9. The summed E-state index contributed by atoms with van der Waals surface area (Å²) in [5.74, 6) is 0.520. The highest BCUT2D eigenvalue weighted by molar-refractivity contribution is 5.82. The number of hydrogen-bond acceptors (Lipinski definition) is 8. The number of anilines is 1. The van der Waals surface area contributed by atoms with Crippen LogP contribution in [0.15, 0.2) is 36.4 Å². The fourth-order valence-electron chi connectivity index (χ4n) is 2.63. The van der Waals surface area contributed by atoms with Crippen molar-refractivity contribution in [1.82, 2.24) is 5.32 Å². The summed E-state index contributed by atoms with van der Waals surface area (Å²) in [4.78, 5) is 22.8. The number of amides is 1. The minimum Gasteiger partial charge on any atom is -0.493 e. The predicted octanol–water partition coefficient (Wildman–Crippen LogP) is 2.41. The molecule has 29 heavy (non-hydrogen) atoms. The Hall–Kier alpha value is -4.00. The fourth-order valence-corrected chi connectivity index (χ4v) is 2.63. The summed E-state index contributed by atoms with van der Waals surface area (Å²) in [5.41, 5.74) is 0.483. The molecule has 0 aliphatic carbocycles. The largest absolute Gasteiger partial charge is 0.493 e. The van der Waals surface area contributed by atoms with E-state index in [1.165, 1.54) is 39.5 Å². The molecule has 0 heterocycles. The van der Waals surface area contributed by atoms with Crippen molar-refractivity contribution in [2.24, 2.45) is 0 Å². The zero-order valence-corrected chi connectivity index (χ0v) is 16.1. The molecule has 1 amide bonds. The van der Waals surface area contributed by atoms with E-state index in [1.807, 2.05) is 6.07 Å². The summed E-state index contributed by atoms with van der Waals surface area (Å²) in [6.07, 6.45) is 0. The number of benzene rings is 2. The van der Waals surface area contributed by atoms with E-state index >= 15 is 0 Å². The average Bonchev–Trinajstić information content (AvgIpc) is 2.74. The third-order valence-corrected chi connectivity index (χ3v) is 3.99. The molecule has 0 bridgehead atoms. The molecule has 0 spiro atoms. The zero-order valence-electron chi connectivity index (χ0n) is 16.1. The second-order valence-electron chi connectivity index (χ2n) is 5.72. The molecule has 0 aliphatic rings. The number of carbonyl (C=O) groups is 1. The zero-order chi connectivity index (χ0) is 21.4. The van der Waals surface area contributed by atoms with Gasteiger partial charge in [0.1, 0.15) is 11.7 Å². The van der Waals surface area contributed by atoms with Crippen LogP contribution in [-0.4, -0.2) is 38.7 Å². The van der Waals surface area contributed by atoms with Crippen molar-refractivity contribution in [3.05, 3.63) is 52.1 Å². The average molecular weight is 400 g/mol. The molecule has 1 atom stereocenters. The quantitative estimate of drug-likeness (QED) is 0.484. The van der Waals surface area contributed by atoms with Crippen LogP contribution in [0.4, 0.5) is 11.4 Å². The highest BCUT2D eigenvalue weighted by atomic mass is 16.6. The van der Waals surface area contributed by atoms with Crippen LogP contribution in [0, 0.1) is 21.4 Å². The van der Waals surface area contributed by atoms with Gasteiger partial charge in [0.25, 0.3) is 5.69 Å². The number of hydrogen-bond donors (Lipinski definition) is 2. The molecular weight excluding hydrogens is 380 g/mol. The number of nitro benzene ring substituents is 1. The molecule has 0 aromatic heterocycles. The summed E-state index contributed by atoms with van der Waals surface area (Å²) in [6, 6.07) is 10.1. The van der Waals surface area contributed by atoms with E-state index in [0.717, 1.165) is 0 Å². The Bertz CT molecular complexity index is 916. The Morgan fingerprint density at radius 2 is 1.79 bits per heavy atom. The lowest BCUT2D eigenvalue weighted by molar-refractivity contribution is -0.383. The smallest absolute Gasteiger partial charge is 0.292 e. The minimum atomic E-state index is -0.997. The lowest BCUT2D eigenvalue weighted by Crippen LogP contribution is -2.32. The van der Waals surface area contributed by atoms with Crippen LogP contribution in [0.2, 0.25) is 0 Å². The molecule has 2 aromatic rings. The Morgan fingerprint density at radius 1 is 1.17 bits per heavy atom. The van der Waals surface area contributed by atoms with Crippen LogP contribution in [0.5, 0.6) is 17.2 Å². The predicted molar refractivity (Wildman–Crippen MR) is 104 cm³/mol. The number of nitriles is 1. The van der Waals surface area contributed by atoms with E-state index in [-0.39, 0.29) is 17.9 Å². The highest BCUT2D eigenvalue weighted by Crippen LogP contribution is 2.39. The molecule has 1 unspecified atom stereocenters. The maximum Gasteiger partial charge on any atom is 0.292 e. The van der Waals surface area contributed by atoms with E-state index in [4.69, 9.17) is 14.2 Å². The van der Waals surface area contributed by atoms with Crippen molar-refractivity contribution in [1.29, 1.82) is 5.26 Å². The molecular formula is C19H20N4O6. The summed E-state index contributed by atoms with van der Waals surface area (Å²) in [7, 11) is 4.34. The Morgan fingerprint density at radius 3 is 2.31 bits per heavy atom. The molecule has 0 saturated heterocycles. The van der Waals surface area contributed by atoms with E-state index in [0.29, 0.717) is 22.8 Å². The number of nitrogens with one attached hydrogen (secondary N) is 2. The monoisotopic (exact) mass is 400 g/mol. The number of ether oxygens (including phenoxy) is 3. The first-order valence-electron chi connectivity index (χ1n) is 8.41. The van der Waals surface area contributed by atoms with Crippen LogP contribution in [0.3, 0.4) is 0 Å².